The van der Waals surface area contributed by atoms with Crippen LogP contribution in [0.5, 0.6) is 0 Å². The Morgan fingerprint density at radius 3 is 2.85 bits per heavy atom. The molecule has 6 heteroatoms. The van der Waals surface area contributed by atoms with Crippen molar-refractivity contribution in [3.8, 4) is 0 Å². The van der Waals surface area contributed by atoms with Gasteiger partial charge in [-0.05, 0) is 30.2 Å². The van der Waals surface area contributed by atoms with Crippen LogP contribution in [-0.4, -0.2) is 28.1 Å². The van der Waals surface area contributed by atoms with Crippen molar-refractivity contribution >= 4 is 17.5 Å². The molecule has 1 aromatic carbocycles. The minimum atomic E-state index is -0.477. The van der Waals surface area contributed by atoms with Gasteiger partial charge in [0.25, 0.3) is 5.91 Å². The molecule has 0 atom stereocenters. The average molecular weight is 270 g/mol. The topological polar surface area (TPSA) is 81.2 Å². The Labute approximate surface area is 115 Å². The molecule has 0 unspecified atom stereocenters. The fourth-order valence-electron chi connectivity index (χ4n) is 2.44. The van der Waals surface area contributed by atoms with Gasteiger partial charge in [-0.2, -0.15) is 5.10 Å². The molecular formula is C14H14N4O2. The highest BCUT2D eigenvalue weighted by molar-refractivity contribution is 6.08. The van der Waals surface area contributed by atoms with E-state index in [1.165, 1.54) is 0 Å². The van der Waals surface area contributed by atoms with Crippen LogP contribution in [0.3, 0.4) is 0 Å². The molecule has 20 heavy (non-hydrogen) atoms. The third-order valence-electron chi connectivity index (χ3n) is 3.47. The molecular weight excluding hydrogens is 256 g/mol. The van der Waals surface area contributed by atoms with Crippen LogP contribution < -0.4 is 10.6 Å². The van der Waals surface area contributed by atoms with Crippen LogP contribution in [0, 0.1) is 0 Å². The molecule has 2 N–H and O–H groups in total. The summed E-state index contributed by atoms with van der Waals surface area (Å²) in [6.07, 6.45) is 4.17. The summed E-state index contributed by atoms with van der Waals surface area (Å²) in [5.41, 5.74) is 7.96. The number of amides is 2. The molecule has 6 nitrogen and oxygen atoms in total. The Morgan fingerprint density at radius 1 is 1.40 bits per heavy atom. The zero-order valence-electron chi connectivity index (χ0n) is 11.0. The van der Waals surface area contributed by atoms with Crippen LogP contribution in [0.4, 0.5) is 5.69 Å². The van der Waals surface area contributed by atoms with Gasteiger partial charge in [0, 0.05) is 30.9 Å². The van der Waals surface area contributed by atoms with Gasteiger partial charge in [0.1, 0.15) is 0 Å². The van der Waals surface area contributed by atoms with Crippen LogP contribution in [0.15, 0.2) is 30.6 Å². The summed E-state index contributed by atoms with van der Waals surface area (Å²) in [6, 6.07) is 4.96. The summed E-state index contributed by atoms with van der Waals surface area (Å²) in [4.78, 5) is 25.3. The summed E-state index contributed by atoms with van der Waals surface area (Å²) < 4.78 is 1.66. The minimum Gasteiger partial charge on any atom is -0.366 e. The lowest BCUT2D eigenvalue weighted by molar-refractivity contribution is 0.0974. The number of benzene rings is 1. The first-order valence-electron chi connectivity index (χ1n) is 6.29. The first-order chi connectivity index (χ1) is 9.56. The molecule has 0 bridgehead atoms. The lowest BCUT2D eigenvalue weighted by Gasteiger charge is -2.27. The molecule has 0 spiro atoms. The third kappa shape index (κ3) is 1.95. The summed E-state index contributed by atoms with van der Waals surface area (Å²) in [5.74, 6) is -0.551. The Balaban J connectivity index is 1.97. The number of hydrogen-bond acceptors (Lipinski definition) is 3. The molecule has 1 aliphatic rings. The molecule has 1 aliphatic heterocycles. The highest BCUT2D eigenvalue weighted by Crippen LogP contribution is 2.24. The van der Waals surface area contributed by atoms with Crippen molar-refractivity contribution < 1.29 is 9.59 Å². The van der Waals surface area contributed by atoms with Gasteiger partial charge < -0.3 is 10.6 Å². The van der Waals surface area contributed by atoms with Gasteiger partial charge in [-0.25, -0.2) is 0 Å². The minimum absolute atomic E-state index is 0.0738. The highest BCUT2D eigenvalue weighted by Gasteiger charge is 2.26. The fourth-order valence-corrected chi connectivity index (χ4v) is 2.44. The number of aromatic nitrogens is 2. The molecule has 3 rings (SSSR count). The summed E-state index contributed by atoms with van der Waals surface area (Å²) in [5, 5.41) is 4.08. The third-order valence-corrected chi connectivity index (χ3v) is 3.47. The van der Waals surface area contributed by atoms with Crippen LogP contribution >= 0.6 is 0 Å². The van der Waals surface area contributed by atoms with Gasteiger partial charge in [0.2, 0.25) is 5.91 Å². The first-order valence-corrected chi connectivity index (χ1v) is 6.29. The van der Waals surface area contributed by atoms with Gasteiger partial charge in [0.15, 0.2) is 0 Å². The van der Waals surface area contributed by atoms with Crippen molar-refractivity contribution in [1.29, 1.82) is 0 Å². The first kappa shape index (κ1) is 12.4. The number of carbonyl (C=O) groups excluding carboxylic acids is 2. The maximum Gasteiger partial charge on any atom is 0.258 e. The van der Waals surface area contributed by atoms with E-state index in [0.29, 0.717) is 24.1 Å². The second-order valence-electron chi connectivity index (χ2n) is 4.82. The normalized spacial score (nSPS) is 14.2. The van der Waals surface area contributed by atoms with Gasteiger partial charge >= 0.3 is 0 Å². The molecule has 0 saturated carbocycles. The molecule has 0 radical (unpaired) electrons. The van der Waals surface area contributed by atoms with Gasteiger partial charge in [-0.15, -0.1) is 0 Å². The van der Waals surface area contributed by atoms with E-state index in [2.05, 4.69) is 5.10 Å². The summed E-state index contributed by atoms with van der Waals surface area (Å²) in [7, 11) is 1.81. The number of nitrogens with two attached hydrogens (primary N) is 1. The van der Waals surface area contributed by atoms with E-state index < -0.39 is 5.91 Å². The van der Waals surface area contributed by atoms with Crippen LogP contribution in [-0.2, 0) is 13.5 Å². The van der Waals surface area contributed by atoms with Gasteiger partial charge in [-0.3, -0.25) is 14.3 Å². The van der Waals surface area contributed by atoms with Crippen molar-refractivity contribution in [2.75, 3.05) is 11.4 Å². The number of aryl methyl sites for hydroxylation is 1. The van der Waals surface area contributed by atoms with E-state index in [1.807, 2.05) is 7.05 Å². The Hall–Kier alpha value is -2.63. The van der Waals surface area contributed by atoms with Crippen LogP contribution in [0.2, 0.25) is 0 Å². The highest BCUT2D eigenvalue weighted by atomic mass is 16.2. The quantitative estimate of drug-likeness (QED) is 0.873. The number of nitrogens with zero attached hydrogens (tertiary/aromatic N) is 3. The van der Waals surface area contributed by atoms with E-state index in [-0.39, 0.29) is 5.91 Å². The van der Waals surface area contributed by atoms with Gasteiger partial charge in [0.05, 0.1) is 11.9 Å². The van der Waals surface area contributed by atoms with Crippen LogP contribution in [0.25, 0.3) is 0 Å². The monoisotopic (exact) mass is 270 g/mol. The van der Waals surface area contributed by atoms with Crippen LogP contribution in [0.1, 0.15) is 26.3 Å². The average Bonchev–Trinajstić information content (AvgIpc) is 2.85. The second-order valence-corrected chi connectivity index (χ2v) is 4.82. The molecule has 102 valence electrons. The molecule has 2 heterocycles. The lowest BCUT2D eigenvalue weighted by atomic mass is 9.96. The maximum atomic E-state index is 12.5. The predicted molar refractivity (Wildman–Crippen MR) is 73.5 cm³/mol. The van der Waals surface area contributed by atoms with E-state index in [4.69, 9.17) is 5.73 Å². The Bertz CT molecular complexity index is 705. The SMILES string of the molecule is Cn1cc(N2CCc3cc(C(N)=O)ccc3C2=O)cn1. The van der Waals surface area contributed by atoms with Crippen molar-refractivity contribution in [2.24, 2.45) is 12.8 Å². The van der Waals surface area contributed by atoms with Gasteiger partial charge in [-0.1, -0.05) is 0 Å². The maximum absolute atomic E-state index is 12.5. The zero-order valence-corrected chi connectivity index (χ0v) is 11.0. The summed E-state index contributed by atoms with van der Waals surface area (Å²) >= 11 is 0. The smallest absolute Gasteiger partial charge is 0.258 e. The van der Waals surface area contributed by atoms with Crippen molar-refractivity contribution in [3.05, 3.63) is 47.3 Å². The van der Waals surface area contributed by atoms with Crippen molar-refractivity contribution in [1.82, 2.24) is 9.78 Å². The molecule has 0 fully saturated rings. The Morgan fingerprint density at radius 2 is 2.20 bits per heavy atom. The number of anilines is 1. The van der Waals surface area contributed by atoms with Crippen molar-refractivity contribution in [3.63, 3.8) is 0 Å². The van der Waals surface area contributed by atoms with E-state index in [9.17, 15) is 9.59 Å². The fraction of sp³-hybridized carbons (Fsp3) is 0.214. The second kappa shape index (κ2) is 4.48. The Kier molecular flexibility index (Phi) is 2.78. The molecule has 2 amide bonds. The standard InChI is InChI=1S/C14H14N4O2/c1-17-8-11(7-16-17)18-5-4-9-6-10(13(15)19)2-3-12(9)14(18)20/h2-3,6-8H,4-5H2,1H3,(H2,15,19). The molecule has 0 saturated heterocycles. The van der Waals surface area contributed by atoms with E-state index in [1.54, 1.807) is 40.2 Å². The predicted octanol–water partition coefficient (Wildman–Crippen LogP) is 0.722. The zero-order chi connectivity index (χ0) is 14.3. The summed E-state index contributed by atoms with van der Waals surface area (Å²) in [6.45, 7) is 0.569. The van der Waals surface area contributed by atoms with E-state index >= 15 is 0 Å². The number of primary amides is 1. The van der Waals surface area contributed by atoms with E-state index in [0.717, 1.165) is 11.3 Å². The number of carbonyl (C=O) groups is 2. The molecule has 0 aliphatic carbocycles. The largest absolute Gasteiger partial charge is 0.366 e. The molecule has 2 aromatic rings. The number of hydrogen-bond donors (Lipinski definition) is 1. The molecule has 1 aromatic heterocycles. The number of fused-ring (bicyclic) bond motifs is 1. The lowest BCUT2D eigenvalue weighted by Crippen LogP contribution is -2.37. The van der Waals surface area contributed by atoms with Crippen molar-refractivity contribution in [2.45, 2.75) is 6.42 Å². The number of rotatable bonds is 2.